The molecule has 20 heavy (non-hydrogen) atoms. The largest absolute Gasteiger partial charge is 0.494 e. The van der Waals surface area contributed by atoms with E-state index in [-0.39, 0.29) is 24.1 Å². The van der Waals surface area contributed by atoms with Crippen LogP contribution in [0.5, 0.6) is 5.75 Å². The molecule has 1 aliphatic heterocycles. The molecule has 110 valence electrons. The third kappa shape index (κ3) is 4.02. The van der Waals surface area contributed by atoms with Crippen LogP contribution in [0.25, 0.3) is 0 Å². The second kappa shape index (κ2) is 7.36. The lowest BCUT2D eigenvalue weighted by molar-refractivity contribution is 0.0313. The normalized spacial score (nSPS) is 16.1. The number of carbonyl (C=O) groups is 1. The van der Waals surface area contributed by atoms with Crippen LogP contribution in [-0.2, 0) is 4.74 Å². The van der Waals surface area contributed by atoms with Crippen molar-refractivity contribution in [3.05, 3.63) is 29.6 Å². The molecule has 0 atom stereocenters. The Morgan fingerprint density at radius 1 is 1.40 bits per heavy atom. The van der Waals surface area contributed by atoms with E-state index in [9.17, 15) is 9.18 Å². The van der Waals surface area contributed by atoms with Gasteiger partial charge in [-0.25, -0.2) is 4.39 Å². The Kier molecular flexibility index (Phi) is 5.49. The van der Waals surface area contributed by atoms with Gasteiger partial charge in [0.05, 0.1) is 19.8 Å². The van der Waals surface area contributed by atoms with Crippen LogP contribution < -0.4 is 10.1 Å². The molecule has 0 bridgehead atoms. The van der Waals surface area contributed by atoms with E-state index in [1.807, 2.05) is 0 Å². The Morgan fingerprint density at radius 2 is 2.15 bits per heavy atom. The van der Waals surface area contributed by atoms with E-state index >= 15 is 0 Å². The molecule has 1 fully saturated rings. The third-order valence-electron chi connectivity index (χ3n) is 3.44. The highest BCUT2D eigenvalue weighted by atomic mass is 19.1. The van der Waals surface area contributed by atoms with Gasteiger partial charge in [-0.05, 0) is 44.1 Å². The standard InChI is InChI=1S/C15H20FNO3/c1-19-15-3-2-11(10-13(15)16)14(18)6-9-20-12-4-7-17-8-5-12/h2-3,10,12,17H,4-9H2,1H3. The highest BCUT2D eigenvalue weighted by Gasteiger charge is 2.15. The third-order valence-corrected chi connectivity index (χ3v) is 3.44. The average Bonchev–Trinajstić information content (AvgIpc) is 2.48. The van der Waals surface area contributed by atoms with E-state index in [0.29, 0.717) is 12.2 Å². The van der Waals surface area contributed by atoms with Gasteiger partial charge in [-0.2, -0.15) is 0 Å². The van der Waals surface area contributed by atoms with Crippen molar-refractivity contribution in [2.75, 3.05) is 26.8 Å². The van der Waals surface area contributed by atoms with Crippen LogP contribution in [0.4, 0.5) is 4.39 Å². The summed E-state index contributed by atoms with van der Waals surface area (Å²) in [5.74, 6) is -0.481. The molecule has 1 aromatic carbocycles. The van der Waals surface area contributed by atoms with Crippen LogP contribution in [0.2, 0.25) is 0 Å². The van der Waals surface area contributed by atoms with Gasteiger partial charge in [0.2, 0.25) is 0 Å². The molecule has 1 saturated heterocycles. The molecule has 1 aliphatic rings. The summed E-state index contributed by atoms with van der Waals surface area (Å²) in [6.45, 7) is 2.31. The molecule has 1 N–H and O–H groups in total. The van der Waals surface area contributed by atoms with Gasteiger partial charge < -0.3 is 14.8 Å². The van der Waals surface area contributed by atoms with Gasteiger partial charge in [0.1, 0.15) is 0 Å². The minimum absolute atomic E-state index is 0.111. The topological polar surface area (TPSA) is 47.6 Å². The van der Waals surface area contributed by atoms with E-state index < -0.39 is 5.82 Å². The number of nitrogens with one attached hydrogen (secondary N) is 1. The fourth-order valence-corrected chi connectivity index (χ4v) is 2.26. The quantitative estimate of drug-likeness (QED) is 0.812. The van der Waals surface area contributed by atoms with E-state index in [4.69, 9.17) is 9.47 Å². The minimum Gasteiger partial charge on any atom is -0.494 e. The fraction of sp³-hybridized carbons (Fsp3) is 0.533. The Morgan fingerprint density at radius 3 is 2.80 bits per heavy atom. The van der Waals surface area contributed by atoms with Crippen LogP contribution in [-0.4, -0.2) is 38.7 Å². The first-order valence-corrected chi connectivity index (χ1v) is 6.90. The van der Waals surface area contributed by atoms with Crippen molar-refractivity contribution < 1.29 is 18.7 Å². The summed E-state index contributed by atoms with van der Waals surface area (Å²) in [5.41, 5.74) is 0.359. The minimum atomic E-state index is -0.516. The first-order chi connectivity index (χ1) is 9.70. The van der Waals surface area contributed by atoms with Gasteiger partial charge in [-0.3, -0.25) is 4.79 Å². The van der Waals surface area contributed by atoms with E-state index in [1.165, 1.54) is 19.2 Å². The zero-order valence-corrected chi connectivity index (χ0v) is 11.7. The maximum atomic E-state index is 13.5. The Hall–Kier alpha value is -1.46. The van der Waals surface area contributed by atoms with Crippen LogP contribution >= 0.6 is 0 Å². The number of halogens is 1. The number of ether oxygens (including phenoxy) is 2. The predicted octanol–water partition coefficient (Wildman–Crippen LogP) is 2.18. The number of hydrogen-bond acceptors (Lipinski definition) is 4. The van der Waals surface area contributed by atoms with Gasteiger partial charge in [0, 0.05) is 12.0 Å². The Balaban J connectivity index is 1.80. The molecule has 0 aliphatic carbocycles. The van der Waals surface area contributed by atoms with Crippen molar-refractivity contribution in [3.8, 4) is 5.75 Å². The molecule has 0 saturated carbocycles. The van der Waals surface area contributed by atoms with Crippen LogP contribution in [0.1, 0.15) is 29.6 Å². The van der Waals surface area contributed by atoms with Crippen LogP contribution in [0, 0.1) is 5.82 Å². The van der Waals surface area contributed by atoms with Crippen molar-refractivity contribution >= 4 is 5.78 Å². The van der Waals surface area contributed by atoms with Crippen molar-refractivity contribution in [2.45, 2.75) is 25.4 Å². The maximum absolute atomic E-state index is 13.5. The first kappa shape index (κ1) is 14.9. The van der Waals surface area contributed by atoms with Crippen molar-refractivity contribution in [3.63, 3.8) is 0 Å². The van der Waals surface area contributed by atoms with Gasteiger partial charge >= 0.3 is 0 Å². The average molecular weight is 281 g/mol. The number of methoxy groups -OCH3 is 1. The number of Topliss-reactive ketones (excluding diaryl/α,β-unsaturated/α-hetero) is 1. The van der Waals surface area contributed by atoms with Crippen LogP contribution in [0.15, 0.2) is 18.2 Å². The first-order valence-electron chi connectivity index (χ1n) is 6.90. The highest BCUT2D eigenvalue weighted by Crippen LogP contribution is 2.18. The molecule has 0 unspecified atom stereocenters. The Labute approximate surface area is 118 Å². The predicted molar refractivity (Wildman–Crippen MR) is 73.7 cm³/mol. The molecular formula is C15H20FNO3. The van der Waals surface area contributed by atoms with E-state index in [0.717, 1.165) is 25.9 Å². The van der Waals surface area contributed by atoms with Gasteiger partial charge in [0.25, 0.3) is 0 Å². The molecular weight excluding hydrogens is 261 g/mol. The molecule has 2 rings (SSSR count). The fourth-order valence-electron chi connectivity index (χ4n) is 2.26. The van der Waals surface area contributed by atoms with Crippen molar-refractivity contribution in [2.24, 2.45) is 0 Å². The van der Waals surface area contributed by atoms with Crippen molar-refractivity contribution in [1.82, 2.24) is 5.32 Å². The summed E-state index contributed by atoms with van der Waals surface area (Å²) in [4.78, 5) is 11.9. The summed E-state index contributed by atoms with van der Waals surface area (Å²) >= 11 is 0. The second-order valence-corrected chi connectivity index (χ2v) is 4.84. The summed E-state index contributed by atoms with van der Waals surface area (Å²) in [5, 5.41) is 3.26. The van der Waals surface area contributed by atoms with Crippen molar-refractivity contribution in [1.29, 1.82) is 0 Å². The molecule has 5 heteroatoms. The lowest BCUT2D eigenvalue weighted by Crippen LogP contribution is -2.32. The highest BCUT2D eigenvalue weighted by molar-refractivity contribution is 5.96. The number of benzene rings is 1. The molecule has 0 spiro atoms. The lowest BCUT2D eigenvalue weighted by atomic mass is 10.1. The van der Waals surface area contributed by atoms with Gasteiger partial charge in [-0.1, -0.05) is 0 Å². The van der Waals surface area contributed by atoms with E-state index in [2.05, 4.69) is 5.32 Å². The molecule has 1 heterocycles. The summed E-state index contributed by atoms with van der Waals surface area (Å²) < 4.78 is 24.0. The summed E-state index contributed by atoms with van der Waals surface area (Å²) in [6, 6.07) is 4.26. The zero-order valence-electron chi connectivity index (χ0n) is 11.7. The smallest absolute Gasteiger partial charge is 0.165 e. The number of rotatable bonds is 6. The number of piperidine rings is 1. The lowest BCUT2D eigenvalue weighted by Gasteiger charge is -2.22. The summed E-state index contributed by atoms with van der Waals surface area (Å²) in [6.07, 6.45) is 2.46. The second-order valence-electron chi connectivity index (χ2n) is 4.84. The SMILES string of the molecule is COc1ccc(C(=O)CCOC2CCNCC2)cc1F. The zero-order chi connectivity index (χ0) is 14.4. The molecule has 0 amide bonds. The monoisotopic (exact) mass is 281 g/mol. The maximum Gasteiger partial charge on any atom is 0.165 e. The molecule has 4 nitrogen and oxygen atoms in total. The molecule has 0 radical (unpaired) electrons. The molecule has 0 aromatic heterocycles. The van der Waals surface area contributed by atoms with Gasteiger partial charge in [-0.15, -0.1) is 0 Å². The molecule has 1 aromatic rings. The number of ketones is 1. The van der Waals surface area contributed by atoms with Crippen LogP contribution in [0.3, 0.4) is 0 Å². The number of carbonyl (C=O) groups excluding carboxylic acids is 1. The van der Waals surface area contributed by atoms with Gasteiger partial charge in [0.15, 0.2) is 17.3 Å². The summed E-state index contributed by atoms with van der Waals surface area (Å²) in [7, 11) is 1.40. The van der Waals surface area contributed by atoms with E-state index in [1.54, 1.807) is 6.07 Å². The Bertz CT molecular complexity index is 458. The number of hydrogen-bond donors (Lipinski definition) is 1.